The predicted molar refractivity (Wildman–Crippen MR) is 89.5 cm³/mol. The minimum Gasteiger partial charge on any atom is -0.481 e. The molecule has 116 valence electrons. The highest BCUT2D eigenvalue weighted by molar-refractivity contribution is 5.37. The number of nitrogens with two attached hydrogens (primary N) is 1. The first-order valence-electron chi connectivity index (χ1n) is 7.39. The molecule has 0 fully saturated rings. The normalized spacial score (nSPS) is 8.81. The number of hydrogen-bond donors (Lipinski definition) is 1. The molecular weight excluding hydrogens is 262 g/mol. The Labute approximate surface area is 128 Å². The number of rotatable bonds is 3. The minimum absolute atomic E-state index is 0.653. The third-order valence-corrected chi connectivity index (χ3v) is 2.72. The van der Waals surface area contributed by atoms with E-state index < -0.39 is 0 Å². The fourth-order valence-electron chi connectivity index (χ4n) is 1.53. The van der Waals surface area contributed by atoms with Gasteiger partial charge in [0.1, 0.15) is 5.82 Å². The van der Waals surface area contributed by atoms with Crippen LogP contribution in [0.25, 0.3) is 0 Å². The number of nitrogens with zero attached hydrogens (tertiary/aromatic N) is 2. The van der Waals surface area contributed by atoms with Crippen LogP contribution in [0.4, 0.5) is 5.82 Å². The molecule has 0 amide bonds. The number of aromatic nitrogens is 2. The Hall–Kier alpha value is -2.10. The van der Waals surface area contributed by atoms with Gasteiger partial charge in [-0.1, -0.05) is 33.8 Å². The average Bonchev–Trinajstić information content (AvgIpc) is 2.57. The minimum atomic E-state index is 0.653. The number of methoxy groups -OCH3 is 1. The van der Waals surface area contributed by atoms with Crippen LogP contribution < -0.4 is 10.5 Å². The van der Waals surface area contributed by atoms with Gasteiger partial charge >= 0.3 is 0 Å². The molecule has 0 spiro atoms. The summed E-state index contributed by atoms with van der Waals surface area (Å²) in [6.45, 7) is 8.17. The molecule has 2 heterocycles. The van der Waals surface area contributed by atoms with Crippen molar-refractivity contribution in [3.8, 4) is 5.88 Å². The Morgan fingerprint density at radius 3 is 2.24 bits per heavy atom. The lowest BCUT2D eigenvalue weighted by molar-refractivity contribution is 0.397. The molecule has 0 atom stereocenters. The summed E-state index contributed by atoms with van der Waals surface area (Å²) >= 11 is 0. The van der Waals surface area contributed by atoms with Gasteiger partial charge in [0.2, 0.25) is 5.88 Å². The van der Waals surface area contributed by atoms with Crippen LogP contribution in [0.15, 0.2) is 36.7 Å². The van der Waals surface area contributed by atoms with E-state index in [-0.39, 0.29) is 0 Å². The topological polar surface area (TPSA) is 61.0 Å². The van der Waals surface area contributed by atoms with Crippen molar-refractivity contribution < 1.29 is 4.74 Å². The van der Waals surface area contributed by atoms with Gasteiger partial charge in [0, 0.05) is 18.5 Å². The highest BCUT2D eigenvalue weighted by atomic mass is 16.5. The van der Waals surface area contributed by atoms with Crippen LogP contribution >= 0.6 is 0 Å². The molecule has 2 aromatic heterocycles. The molecule has 0 bridgehead atoms. The van der Waals surface area contributed by atoms with Gasteiger partial charge in [0.25, 0.3) is 0 Å². The van der Waals surface area contributed by atoms with Crippen molar-refractivity contribution >= 4 is 5.82 Å². The first kappa shape index (κ1) is 18.9. The van der Waals surface area contributed by atoms with Crippen LogP contribution in [0.1, 0.15) is 38.8 Å². The molecule has 0 aromatic carbocycles. The van der Waals surface area contributed by atoms with Gasteiger partial charge in [-0.3, -0.25) is 0 Å². The van der Waals surface area contributed by atoms with Crippen LogP contribution in [0, 0.1) is 0 Å². The van der Waals surface area contributed by atoms with E-state index in [1.807, 2.05) is 38.1 Å². The summed E-state index contributed by atoms with van der Waals surface area (Å²) in [6, 6.07) is 7.82. The summed E-state index contributed by atoms with van der Waals surface area (Å²) in [5.41, 5.74) is 7.90. The van der Waals surface area contributed by atoms with Gasteiger partial charge in [0.05, 0.1) is 7.11 Å². The second-order valence-electron chi connectivity index (χ2n) is 3.96. The summed E-state index contributed by atoms with van der Waals surface area (Å²) in [4.78, 5) is 7.91. The van der Waals surface area contributed by atoms with Crippen molar-refractivity contribution in [1.82, 2.24) is 9.97 Å². The fourth-order valence-corrected chi connectivity index (χ4v) is 1.53. The molecule has 4 heteroatoms. The Morgan fingerprint density at radius 1 is 1.05 bits per heavy atom. The Morgan fingerprint density at radius 2 is 1.76 bits per heavy atom. The SMILES string of the molecule is CC.CCc1cccnc1N.CCc1ccnc(OC)c1. The average molecular weight is 289 g/mol. The second kappa shape index (κ2) is 11.7. The monoisotopic (exact) mass is 289 g/mol. The van der Waals surface area contributed by atoms with Gasteiger partial charge in [-0.2, -0.15) is 0 Å². The van der Waals surface area contributed by atoms with E-state index >= 15 is 0 Å². The van der Waals surface area contributed by atoms with Gasteiger partial charge in [-0.05, 0) is 36.1 Å². The van der Waals surface area contributed by atoms with E-state index in [0.717, 1.165) is 18.4 Å². The highest BCUT2D eigenvalue weighted by Crippen LogP contribution is 2.08. The zero-order valence-corrected chi connectivity index (χ0v) is 13.8. The van der Waals surface area contributed by atoms with Crippen molar-refractivity contribution in [3.05, 3.63) is 47.8 Å². The number of ether oxygens (including phenoxy) is 1. The number of anilines is 1. The number of hydrogen-bond acceptors (Lipinski definition) is 4. The first-order valence-corrected chi connectivity index (χ1v) is 7.39. The lowest BCUT2D eigenvalue weighted by Crippen LogP contribution is -1.94. The molecule has 0 aliphatic heterocycles. The summed E-state index contributed by atoms with van der Waals surface area (Å²) in [7, 11) is 1.63. The van der Waals surface area contributed by atoms with E-state index in [1.54, 1.807) is 19.5 Å². The Bertz CT molecular complexity index is 482. The van der Waals surface area contributed by atoms with Gasteiger partial charge in [-0.15, -0.1) is 0 Å². The Balaban J connectivity index is 0.000000342. The van der Waals surface area contributed by atoms with Crippen molar-refractivity contribution in [2.45, 2.75) is 40.5 Å². The fraction of sp³-hybridized carbons (Fsp3) is 0.412. The molecule has 2 N–H and O–H groups in total. The van der Waals surface area contributed by atoms with E-state index in [9.17, 15) is 0 Å². The van der Waals surface area contributed by atoms with E-state index in [0.29, 0.717) is 11.7 Å². The van der Waals surface area contributed by atoms with E-state index in [2.05, 4.69) is 23.8 Å². The standard InChI is InChI=1S/C8H11NO.C7H10N2.C2H6/c1-3-7-4-5-9-8(6-7)10-2;1-2-6-4-3-5-9-7(6)8;1-2/h4-6H,3H2,1-2H3;3-5H,2H2,1H3,(H2,8,9);1-2H3. The highest BCUT2D eigenvalue weighted by Gasteiger charge is 1.92. The predicted octanol–water partition coefficient (Wildman–Crippen LogP) is 3.91. The third-order valence-electron chi connectivity index (χ3n) is 2.72. The summed E-state index contributed by atoms with van der Waals surface area (Å²) < 4.78 is 4.95. The maximum Gasteiger partial charge on any atom is 0.213 e. The lowest BCUT2D eigenvalue weighted by atomic mass is 10.2. The van der Waals surface area contributed by atoms with Crippen LogP contribution in [-0.2, 0) is 12.8 Å². The Kier molecular flexibility index (Phi) is 10.5. The van der Waals surface area contributed by atoms with Crippen LogP contribution in [0.3, 0.4) is 0 Å². The number of nitrogen functional groups attached to an aromatic ring is 1. The van der Waals surface area contributed by atoms with Crippen molar-refractivity contribution in [1.29, 1.82) is 0 Å². The summed E-state index contributed by atoms with van der Waals surface area (Å²) in [6.07, 6.45) is 5.45. The van der Waals surface area contributed by atoms with Crippen LogP contribution in [0.5, 0.6) is 5.88 Å². The smallest absolute Gasteiger partial charge is 0.213 e. The maximum absolute atomic E-state index is 5.52. The van der Waals surface area contributed by atoms with E-state index in [4.69, 9.17) is 10.5 Å². The van der Waals surface area contributed by atoms with Gasteiger partial charge in [0.15, 0.2) is 0 Å². The van der Waals surface area contributed by atoms with E-state index in [1.165, 1.54) is 5.56 Å². The molecule has 21 heavy (non-hydrogen) atoms. The molecule has 4 nitrogen and oxygen atoms in total. The molecule has 2 rings (SSSR count). The molecular formula is C17H27N3O. The second-order valence-corrected chi connectivity index (χ2v) is 3.96. The lowest BCUT2D eigenvalue weighted by Gasteiger charge is -1.98. The third kappa shape index (κ3) is 7.30. The number of pyridine rings is 2. The molecule has 0 unspecified atom stereocenters. The summed E-state index contributed by atoms with van der Waals surface area (Å²) in [5, 5.41) is 0. The molecule has 0 saturated carbocycles. The quantitative estimate of drug-likeness (QED) is 0.930. The largest absolute Gasteiger partial charge is 0.481 e. The summed E-state index contributed by atoms with van der Waals surface area (Å²) in [5.74, 6) is 1.35. The molecule has 2 aromatic rings. The zero-order valence-electron chi connectivity index (χ0n) is 13.8. The molecule has 0 radical (unpaired) electrons. The van der Waals surface area contributed by atoms with Crippen LogP contribution in [0.2, 0.25) is 0 Å². The molecule has 0 aliphatic rings. The molecule has 0 aliphatic carbocycles. The number of aryl methyl sites for hydroxylation is 2. The maximum atomic E-state index is 5.52. The van der Waals surface area contributed by atoms with Crippen LogP contribution in [-0.4, -0.2) is 17.1 Å². The van der Waals surface area contributed by atoms with Crippen molar-refractivity contribution in [3.63, 3.8) is 0 Å². The van der Waals surface area contributed by atoms with Gasteiger partial charge in [-0.25, -0.2) is 9.97 Å². The molecule has 0 saturated heterocycles. The van der Waals surface area contributed by atoms with Gasteiger partial charge < -0.3 is 10.5 Å². The van der Waals surface area contributed by atoms with Crippen molar-refractivity contribution in [2.75, 3.05) is 12.8 Å². The van der Waals surface area contributed by atoms with Crippen molar-refractivity contribution in [2.24, 2.45) is 0 Å². The first-order chi connectivity index (χ1) is 10.2. The zero-order chi connectivity index (χ0) is 16.1.